The van der Waals surface area contributed by atoms with Gasteiger partial charge in [0.05, 0.1) is 0 Å². The molecule has 2 rings (SSSR count). The fourth-order valence-electron chi connectivity index (χ4n) is 1.39. The van der Waals surface area contributed by atoms with Crippen molar-refractivity contribution in [2.45, 2.75) is 12.8 Å². The maximum Gasteiger partial charge on any atom is 0.214 e. The molecule has 0 spiro atoms. The summed E-state index contributed by atoms with van der Waals surface area (Å²) in [5, 5.41) is 0. The highest BCUT2D eigenvalue weighted by Crippen LogP contribution is 2.30. The summed E-state index contributed by atoms with van der Waals surface area (Å²) in [5.74, 6) is 1.13. The second-order valence-electron chi connectivity index (χ2n) is 3.64. The Morgan fingerprint density at radius 2 is 2.31 bits per heavy atom. The van der Waals surface area contributed by atoms with Crippen LogP contribution in [0.1, 0.15) is 12.8 Å². The van der Waals surface area contributed by atoms with Crippen LogP contribution in [0.15, 0.2) is 18.2 Å². The van der Waals surface area contributed by atoms with Gasteiger partial charge >= 0.3 is 0 Å². The SMILES string of the molecule is CN(CC1CC1)c1cccc(F)n1. The van der Waals surface area contributed by atoms with Crippen LogP contribution in [-0.4, -0.2) is 18.6 Å². The molecule has 3 heteroatoms. The topological polar surface area (TPSA) is 16.1 Å². The minimum absolute atomic E-state index is 0.403. The molecule has 1 fully saturated rings. The Balaban J connectivity index is 2.04. The van der Waals surface area contributed by atoms with E-state index < -0.39 is 5.95 Å². The lowest BCUT2D eigenvalue weighted by Crippen LogP contribution is -2.21. The van der Waals surface area contributed by atoms with Crippen LogP contribution >= 0.6 is 0 Å². The van der Waals surface area contributed by atoms with Crippen LogP contribution < -0.4 is 4.90 Å². The molecule has 1 saturated carbocycles. The smallest absolute Gasteiger partial charge is 0.214 e. The average Bonchev–Trinajstić information content (AvgIpc) is 2.88. The van der Waals surface area contributed by atoms with E-state index in [1.807, 2.05) is 18.0 Å². The molecule has 0 saturated heterocycles. The molecule has 70 valence electrons. The largest absolute Gasteiger partial charge is 0.359 e. The van der Waals surface area contributed by atoms with Crippen molar-refractivity contribution in [3.05, 3.63) is 24.1 Å². The highest BCUT2D eigenvalue weighted by Gasteiger charge is 2.23. The van der Waals surface area contributed by atoms with E-state index in [4.69, 9.17) is 0 Å². The molecule has 0 amide bonds. The minimum atomic E-state index is -0.403. The molecule has 1 heterocycles. The highest BCUT2D eigenvalue weighted by atomic mass is 19.1. The maximum atomic E-state index is 12.7. The molecule has 0 radical (unpaired) electrons. The van der Waals surface area contributed by atoms with Gasteiger partial charge in [-0.05, 0) is 30.9 Å². The molecular formula is C10H13FN2. The normalized spacial score (nSPS) is 15.8. The standard InChI is InChI=1S/C10H13FN2/c1-13(7-8-5-6-8)10-4-2-3-9(11)12-10/h2-4,8H,5-7H2,1H3. The maximum absolute atomic E-state index is 12.7. The predicted molar refractivity (Wildman–Crippen MR) is 50.2 cm³/mol. The number of anilines is 1. The van der Waals surface area contributed by atoms with Crippen molar-refractivity contribution in [1.82, 2.24) is 4.98 Å². The fraction of sp³-hybridized carbons (Fsp3) is 0.500. The first-order chi connectivity index (χ1) is 6.25. The Morgan fingerprint density at radius 3 is 2.92 bits per heavy atom. The van der Waals surface area contributed by atoms with Gasteiger partial charge in [-0.1, -0.05) is 6.07 Å². The van der Waals surface area contributed by atoms with Crippen molar-refractivity contribution in [3.63, 3.8) is 0 Å². The third kappa shape index (κ3) is 2.17. The van der Waals surface area contributed by atoms with Crippen molar-refractivity contribution in [1.29, 1.82) is 0 Å². The van der Waals surface area contributed by atoms with Crippen LogP contribution in [0.3, 0.4) is 0 Å². The molecule has 1 aromatic rings. The highest BCUT2D eigenvalue weighted by molar-refractivity contribution is 5.36. The van der Waals surface area contributed by atoms with Crippen LogP contribution in [0.2, 0.25) is 0 Å². The number of rotatable bonds is 3. The van der Waals surface area contributed by atoms with Gasteiger partial charge in [0.25, 0.3) is 0 Å². The number of hydrogen-bond donors (Lipinski definition) is 0. The Kier molecular flexibility index (Phi) is 2.17. The molecule has 0 bridgehead atoms. The zero-order valence-corrected chi connectivity index (χ0v) is 7.70. The average molecular weight is 180 g/mol. The van der Waals surface area contributed by atoms with Gasteiger partial charge in [-0.2, -0.15) is 4.39 Å². The van der Waals surface area contributed by atoms with Gasteiger partial charge in [-0.15, -0.1) is 0 Å². The third-order valence-electron chi connectivity index (χ3n) is 2.32. The van der Waals surface area contributed by atoms with Crippen LogP contribution in [0.5, 0.6) is 0 Å². The molecule has 1 aliphatic rings. The summed E-state index contributed by atoms with van der Waals surface area (Å²) in [7, 11) is 1.96. The minimum Gasteiger partial charge on any atom is -0.359 e. The lowest BCUT2D eigenvalue weighted by Gasteiger charge is -2.17. The molecule has 2 nitrogen and oxygen atoms in total. The monoisotopic (exact) mass is 180 g/mol. The van der Waals surface area contributed by atoms with E-state index in [0.29, 0.717) is 0 Å². The quantitative estimate of drug-likeness (QED) is 0.662. The van der Waals surface area contributed by atoms with Gasteiger partial charge in [-0.3, -0.25) is 0 Å². The van der Waals surface area contributed by atoms with Gasteiger partial charge in [0, 0.05) is 13.6 Å². The first kappa shape index (κ1) is 8.48. The molecule has 0 aliphatic heterocycles. The summed E-state index contributed by atoms with van der Waals surface area (Å²) in [6.45, 7) is 0.996. The third-order valence-corrected chi connectivity index (χ3v) is 2.32. The van der Waals surface area contributed by atoms with E-state index in [2.05, 4.69) is 4.98 Å². The molecular weight excluding hydrogens is 167 g/mol. The lowest BCUT2D eigenvalue weighted by atomic mass is 10.3. The number of hydrogen-bond acceptors (Lipinski definition) is 2. The van der Waals surface area contributed by atoms with Crippen LogP contribution in [-0.2, 0) is 0 Å². The van der Waals surface area contributed by atoms with Crippen LogP contribution in [0.4, 0.5) is 10.2 Å². The van der Waals surface area contributed by atoms with Crippen molar-refractivity contribution < 1.29 is 4.39 Å². The van der Waals surface area contributed by atoms with E-state index in [0.717, 1.165) is 18.3 Å². The number of halogens is 1. The summed E-state index contributed by atoms with van der Waals surface area (Å²) in [6.07, 6.45) is 2.61. The summed E-state index contributed by atoms with van der Waals surface area (Å²) in [4.78, 5) is 5.83. The fourth-order valence-corrected chi connectivity index (χ4v) is 1.39. The lowest BCUT2D eigenvalue weighted by molar-refractivity contribution is 0.581. The Hall–Kier alpha value is -1.12. The molecule has 0 unspecified atom stereocenters. The molecule has 0 N–H and O–H groups in total. The number of nitrogens with zero attached hydrogens (tertiary/aromatic N) is 2. The molecule has 13 heavy (non-hydrogen) atoms. The zero-order chi connectivity index (χ0) is 9.26. The molecule has 1 aromatic heterocycles. The molecule has 1 aliphatic carbocycles. The predicted octanol–water partition coefficient (Wildman–Crippen LogP) is 2.07. The van der Waals surface area contributed by atoms with Gasteiger partial charge in [0.1, 0.15) is 5.82 Å². The number of aromatic nitrogens is 1. The Labute approximate surface area is 77.4 Å². The number of pyridine rings is 1. The van der Waals surface area contributed by atoms with Crippen molar-refractivity contribution in [2.75, 3.05) is 18.5 Å². The van der Waals surface area contributed by atoms with Crippen molar-refractivity contribution in [2.24, 2.45) is 5.92 Å². The van der Waals surface area contributed by atoms with E-state index in [-0.39, 0.29) is 0 Å². The second-order valence-corrected chi connectivity index (χ2v) is 3.64. The Bertz CT molecular complexity index is 297. The summed E-state index contributed by atoms with van der Waals surface area (Å²) in [5.41, 5.74) is 0. The summed E-state index contributed by atoms with van der Waals surface area (Å²) in [6, 6.07) is 4.90. The van der Waals surface area contributed by atoms with Crippen molar-refractivity contribution >= 4 is 5.82 Å². The first-order valence-electron chi connectivity index (χ1n) is 4.59. The summed E-state index contributed by atoms with van der Waals surface area (Å²) < 4.78 is 12.7. The van der Waals surface area contributed by atoms with E-state index in [1.54, 1.807) is 6.07 Å². The van der Waals surface area contributed by atoms with Crippen LogP contribution in [0, 0.1) is 11.9 Å². The van der Waals surface area contributed by atoms with Crippen molar-refractivity contribution in [3.8, 4) is 0 Å². The van der Waals surface area contributed by atoms with E-state index >= 15 is 0 Å². The first-order valence-corrected chi connectivity index (χ1v) is 4.59. The summed E-state index contributed by atoms with van der Waals surface area (Å²) >= 11 is 0. The zero-order valence-electron chi connectivity index (χ0n) is 7.70. The molecule has 0 atom stereocenters. The van der Waals surface area contributed by atoms with Gasteiger partial charge in [0.15, 0.2) is 0 Å². The van der Waals surface area contributed by atoms with Gasteiger partial charge < -0.3 is 4.90 Å². The van der Waals surface area contributed by atoms with E-state index in [9.17, 15) is 4.39 Å². The second kappa shape index (κ2) is 3.32. The Morgan fingerprint density at radius 1 is 1.54 bits per heavy atom. The van der Waals surface area contributed by atoms with E-state index in [1.165, 1.54) is 18.9 Å². The van der Waals surface area contributed by atoms with Crippen LogP contribution in [0.25, 0.3) is 0 Å². The van der Waals surface area contributed by atoms with Gasteiger partial charge in [-0.25, -0.2) is 4.98 Å². The molecule has 0 aromatic carbocycles. The van der Waals surface area contributed by atoms with Gasteiger partial charge in [0.2, 0.25) is 5.95 Å².